The van der Waals surface area contributed by atoms with Crippen molar-refractivity contribution in [1.82, 2.24) is 0 Å². The van der Waals surface area contributed by atoms with E-state index in [1.165, 1.54) is 0 Å². The summed E-state index contributed by atoms with van der Waals surface area (Å²) in [5.41, 5.74) is 1.66. The molecule has 4 nitrogen and oxygen atoms in total. The van der Waals surface area contributed by atoms with Gasteiger partial charge in [0.25, 0.3) is 0 Å². The Morgan fingerprint density at radius 2 is 1.64 bits per heavy atom. The third-order valence-electron chi connectivity index (χ3n) is 3.48. The van der Waals surface area contributed by atoms with Crippen molar-refractivity contribution in [3.63, 3.8) is 0 Å². The Bertz CT molecular complexity index is 823. The first-order chi connectivity index (χ1) is 10.7. The van der Waals surface area contributed by atoms with Gasteiger partial charge in [0.2, 0.25) is 0 Å². The number of ether oxygens (including phenoxy) is 3. The molecule has 1 aromatic heterocycles. The lowest BCUT2D eigenvalue weighted by atomic mass is 10.1. The number of halogens is 1. The molecule has 1 heterocycles. The zero-order valence-corrected chi connectivity index (χ0v) is 14.1. The summed E-state index contributed by atoms with van der Waals surface area (Å²) in [5, 5.41) is 0.991. The van der Waals surface area contributed by atoms with E-state index in [0.29, 0.717) is 11.5 Å². The Kier molecular flexibility index (Phi) is 3.98. The molecule has 0 atom stereocenters. The highest BCUT2D eigenvalue weighted by atomic mass is 79.9. The quantitative estimate of drug-likeness (QED) is 0.662. The fourth-order valence-electron chi connectivity index (χ4n) is 2.34. The second-order valence-electron chi connectivity index (χ2n) is 4.68. The number of fused-ring (bicyclic) bond motifs is 1. The van der Waals surface area contributed by atoms with E-state index in [1.54, 1.807) is 21.3 Å². The second kappa shape index (κ2) is 5.93. The van der Waals surface area contributed by atoms with Gasteiger partial charge in [-0.1, -0.05) is 0 Å². The number of rotatable bonds is 4. The largest absolute Gasteiger partial charge is 0.497 e. The molecule has 0 bridgehead atoms. The summed E-state index contributed by atoms with van der Waals surface area (Å²) in [6.07, 6.45) is 0. The van der Waals surface area contributed by atoms with E-state index in [9.17, 15) is 0 Å². The maximum Gasteiger partial charge on any atom is 0.161 e. The zero-order chi connectivity index (χ0) is 15.7. The van der Waals surface area contributed by atoms with E-state index in [4.69, 9.17) is 18.6 Å². The molecule has 0 radical (unpaired) electrons. The Hall–Kier alpha value is -2.14. The molecule has 0 aliphatic heterocycles. The molecular weight excluding hydrogens is 348 g/mol. The van der Waals surface area contributed by atoms with Crippen molar-refractivity contribution in [3.05, 3.63) is 40.9 Å². The van der Waals surface area contributed by atoms with Gasteiger partial charge < -0.3 is 18.6 Å². The van der Waals surface area contributed by atoms with Crippen LogP contribution in [-0.4, -0.2) is 21.3 Å². The van der Waals surface area contributed by atoms with Crippen LogP contribution in [-0.2, 0) is 0 Å². The minimum atomic E-state index is 0.657. The molecule has 0 aliphatic carbocycles. The lowest BCUT2D eigenvalue weighted by Crippen LogP contribution is -1.90. The van der Waals surface area contributed by atoms with Crippen LogP contribution in [0.2, 0.25) is 0 Å². The first-order valence-electron chi connectivity index (χ1n) is 6.66. The maximum absolute atomic E-state index is 5.98. The van der Waals surface area contributed by atoms with E-state index < -0.39 is 0 Å². The summed E-state index contributed by atoms with van der Waals surface area (Å²) in [7, 11) is 4.86. The van der Waals surface area contributed by atoms with Gasteiger partial charge in [-0.3, -0.25) is 0 Å². The molecular formula is C17H15BrO4. The van der Waals surface area contributed by atoms with Crippen LogP contribution in [0.1, 0.15) is 0 Å². The van der Waals surface area contributed by atoms with Gasteiger partial charge in [0.05, 0.1) is 25.8 Å². The summed E-state index contributed by atoms with van der Waals surface area (Å²) in [4.78, 5) is 0. The third kappa shape index (κ3) is 2.41. The average molecular weight is 363 g/mol. The number of benzene rings is 2. The fraction of sp³-hybridized carbons (Fsp3) is 0.176. The van der Waals surface area contributed by atoms with Crippen molar-refractivity contribution in [2.75, 3.05) is 21.3 Å². The molecule has 3 rings (SSSR count). The summed E-state index contributed by atoms with van der Waals surface area (Å²) in [6, 6.07) is 11.4. The predicted octanol–water partition coefficient (Wildman–Crippen LogP) is 4.89. The van der Waals surface area contributed by atoms with E-state index >= 15 is 0 Å². The van der Waals surface area contributed by atoms with Crippen LogP contribution in [0.25, 0.3) is 22.3 Å². The molecule has 0 spiro atoms. The van der Waals surface area contributed by atoms with Gasteiger partial charge in [0, 0.05) is 17.0 Å². The van der Waals surface area contributed by atoms with Crippen LogP contribution < -0.4 is 14.2 Å². The number of hydrogen-bond donors (Lipinski definition) is 0. The minimum Gasteiger partial charge on any atom is -0.497 e. The monoisotopic (exact) mass is 362 g/mol. The van der Waals surface area contributed by atoms with E-state index in [0.717, 1.165) is 32.5 Å². The molecule has 114 valence electrons. The summed E-state index contributed by atoms with van der Waals surface area (Å²) in [5.74, 6) is 2.84. The zero-order valence-electron chi connectivity index (χ0n) is 12.5. The molecule has 0 saturated heterocycles. The van der Waals surface area contributed by atoms with Crippen molar-refractivity contribution < 1.29 is 18.6 Å². The van der Waals surface area contributed by atoms with Crippen molar-refractivity contribution in [3.8, 4) is 28.6 Å². The molecule has 5 heteroatoms. The fourth-order valence-corrected chi connectivity index (χ4v) is 2.97. The molecule has 0 saturated carbocycles. The predicted molar refractivity (Wildman–Crippen MR) is 89.0 cm³/mol. The van der Waals surface area contributed by atoms with Gasteiger partial charge >= 0.3 is 0 Å². The Labute approximate surface area is 136 Å². The lowest BCUT2D eigenvalue weighted by Gasteiger charge is -2.08. The first kappa shape index (κ1) is 14.8. The van der Waals surface area contributed by atoms with Gasteiger partial charge in [-0.25, -0.2) is 0 Å². The molecule has 0 aliphatic rings. The van der Waals surface area contributed by atoms with Gasteiger partial charge in [0.1, 0.15) is 17.1 Å². The van der Waals surface area contributed by atoms with Crippen molar-refractivity contribution in [2.45, 2.75) is 0 Å². The molecule has 22 heavy (non-hydrogen) atoms. The van der Waals surface area contributed by atoms with Crippen LogP contribution in [0.5, 0.6) is 17.2 Å². The van der Waals surface area contributed by atoms with E-state index in [2.05, 4.69) is 15.9 Å². The Morgan fingerprint density at radius 3 is 2.32 bits per heavy atom. The number of methoxy groups -OCH3 is 3. The lowest BCUT2D eigenvalue weighted by molar-refractivity contribution is 0.355. The van der Waals surface area contributed by atoms with Crippen molar-refractivity contribution in [1.29, 1.82) is 0 Å². The molecule has 0 N–H and O–H groups in total. The van der Waals surface area contributed by atoms with E-state index in [1.807, 2.05) is 36.4 Å². The average Bonchev–Trinajstić information content (AvgIpc) is 2.90. The van der Waals surface area contributed by atoms with Crippen LogP contribution in [0.3, 0.4) is 0 Å². The Morgan fingerprint density at radius 1 is 0.864 bits per heavy atom. The highest BCUT2D eigenvalue weighted by Crippen LogP contribution is 2.41. The highest BCUT2D eigenvalue weighted by Gasteiger charge is 2.16. The second-order valence-corrected chi connectivity index (χ2v) is 5.47. The van der Waals surface area contributed by atoms with Crippen LogP contribution in [0, 0.1) is 0 Å². The maximum atomic E-state index is 5.98. The van der Waals surface area contributed by atoms with Gasteiger partial charge in [-0.05, 0) is 46.3 Å². The third-order valence-corrected chi connectivity index (χ3v) is 4.27. The molecule has 0 amide bonds. The van der Waals surface area contributed by atoms with Gasteiger partial charge in [-0.2, -0.15) is 0 Å². The van der Waals surface area contributed by atoms with Gasteiger partial charge in [-0.15, -0.1) is 0 Å². The molecule has 3 aromatic rings. The summed E-state index contributed by atoms with van der Waals surface area (Å²) in [6.45, 7) is 0. The topological polar surface area (TPSA) is 40.8 Å². The summed E-state index contributed by atoms with van der Waals surface area (Å²) < 4.78 is 22.7. The molecule has 0 unspecified atom stereocenters. The smallest absolute Gasteiger partial charge is 0.161 e. The van der Waals surface area contributed by atoms with E-state index in [-0.39, 0.29) is 0 Å². The van der Waals surface area contributed by atoms with Gasteiger partial charge in [0.15, 0.2) is 11.5 Å². The van der Waals surface area contributed by atoms with Crippen LogP contribution in [0.4, 0.5) is 0 Å². The molecule has 2 aromatic carbocycles. The van der Waals surface area contributed by atoms with Crippen LogP contribution in [0.15, 0.2) is 45.3 Å². The molecule has 0 fully saturated rings. The summed E-state index contributed by atoms with van der Waals surface area (Å²) >= 11 is 3.61. The minimum absolute atomic E-state index is 0.657. The number of hydrogen-bond acceptors (Lipinski definition) is 4. The normalized spacial score (nSPS) is 10.7. The number of furan rings is 1. The SMILES string of the molecule is COc1ccc2c(Br)c(-c3ccc(OC)c(OC)c3)oc2c1. The van der Waals surface area contributed by atoms with Crippen molar-refractivity contribution in [2.24, 2.45) is 0 Å². The van der Waals surface area contributed by atoms with Crippen molar-refractivity contribution >= 4 is 26.9 Å². The first-order valence-corrected chi connectivity index (χ1v) is 7.45. The Balaban J connectivity index is 2.15. The standard InChI is InChI=1S/C17H15BrO4/c1-19-11-5-6-12-14(9-11)22-17(16(12)18)10-4-7-13(20-2)15(8-10)21-3/h4-9H,1-3H3. The van der Waals surface area contributed by atoms with Crippen LogP contribution >= 0.6 is 15.9 Å². The highest BCUT2D eigenvalue weighted by molar-refractivity contribution is 9.10.